The molecule has 0 saturated carbocycles. The Labute approximate surface area is 245 Å². The van der Waals surface area contributed by atoms with Crippen molar-refractivity contribution in [1.82, 2.24) is 15.1 Å². The average Bonchev–Trinajstić information content (AvgIpc) is 3.40. The first-order chi connectivity index (χ1) is 19.9. The van der Waals surface area contributed by atoms with Gasteiger partial charge in [0.15, 0.2) is 5.84 Å². The minimum Gasteiger partial charge on any atom is -0.459 e. The van der Waals surface area contributed by atoms with Crippen LogP contribution in [0.2, 0.25) is 0 Å². The predicted molar refractivity (Wildman–Crippen MR) is 155 cm³/mol. The number of nitrogens with one attached hydrogen (secondary N) is 2. The zero-order valence-corrected chi connectivity index (χ0v) is 24.3. The molecule has 12 nitrogen and oxygen atoms in total. The van der Waals surface area contributed by atoms with Crippen LogP contribution in [0.3, 0.4) is 0 Å². The highest BCUT2D eigenvalue weighted by atomic mass is 32.2. The molecule has 2 atom stereocenters. The number of hydrogen-bond acceptors (Lipinski definition) is 9. The van der Waals surface area contributed by atoms with Crippen LogP contribution in [0.25, 0.3) is 0 Å². The number of amidine groups is 1. The number of nitrogens with zero attached hydrogens (tertiary/aromatic N) is 3. The van der Waals surface area contributed by atoms with Gasteiger partial charge in [-0.3, -0.25) is 19.7 Å². The van der Waals surface area contributed by atoms with Crippen molar-refractivity contribution in [2.75, 3.05) is 6.54 Å². The Balaban J connectivity index is 1.45. The summed E-state index contributed by atoms with van der Waals surface area (Å²) in [4.78, 5) is 48.1. The number of aryl methyl sites for hydroxylation is 1. The molecule has 3 aromatic rings. The van der Waals surface area contributed by atoms with Crippen molar-refractivity contribution in [3.8, 4) is 0 Å². The highest BCUT2D eigenvalue weighted by Crippen LogP contribution is 2.18. The molecule has 42 heavy (non-hydrogen) atoms. The predicted octanol–water partition coefficient (Wildman–Crippen LogP) is 3.76. The molecule has 13 heteroatoms. The molecule has 0 radical (unpaired) electrons. The Morgan fingerprint density at radius 3 is 2.31 bits per heavy atom. The summed E-state index contributed by atoms with van der Waals surface area (Å²) in [7, 11) is -1.53. The third-order valence-corrected chi connectivity index (χ3v) is 7.03. The van der Waals surface area contributed by atoms with Gasteiger partial charge in [0.05, 0.1) is 9.82 Å². The van der Waals surface area contributed by atoms with Crippen LogP contribution >= 0.6 is 0 Å². The normalized spacial score (nSPS) is 15.3. The van der Waals surface area contributed by atoms with Crippen LogP contribution < -0.4 is 10.2 Å². The number of amides is 1. The summed E-state index contributed by atoms with van der Waals surface area (Å²) in [5.74, 6) is -0.643. The van der Waals surface area contributed by atoms with E-state index in [2.05, 4.69) is 15.2 Å². The van der Waals surface area contributed by atoms with E-state index in [9.17, 15) is 23.9 Å². The topological polar surface area (TPSA) is 152 Å². The number of rotatable bonds is 10. The highest BCUT2D eigenvalue weighted by molar-refractivity contribution is 7.83. The van der Waals surface area contributed by atoms with Gasteiger partial charge in [-0.15, -0.1) is 0 Å². The molecule has 2 unspecified atom stereocenters. The number of carbonyl (C=O) groups excluding carboxylic acids is 2. The van der Waals surface area contributed by atoms with Gasteiger partial charge in [-0.05, 0) is 57.5 Å². The zero-order valence-electron chi connectivity index (χ0n) is 23.5. The maximum Gasteiger partial charge on any atom is 0.326 e. The molecular weight excluding hydrogens is 562 g/mol. The fraction of sp³-hybridized carbons (Fsp3) is 0.276. The summed E-state index contributed by atoms with van der Waals surface area (Å²) in [5.41, 5.74) is 4.50. The van der Waals surface area contributed by atoms with Gasteiger partial charge in [0.1, 0.15) is 23.1 Å². The van der Waals surface area contributed by atoms with E-state index in [1.54, 1.807) is 57.2 Å². The summed E-state index contributed by atoms with van der Waals surface area (Å²) in [6, 6.07) is 19.5. The molecule has 3 aromatic carbocycles. The lowest BCUT2D eigenvalue weighted by Crippen LogP contribution is -2.38. The van der Waals surface area contributed by atoms with E-state index in [-0.39, 0.29) is 24.3 Å². The van der Waals surface area contributed by atoms with Crippen LogP contribution in [-0.2, 0) is 31.9 Å². The highest BCUT2D eigenvalue weighted by Gasteiger charge is 2.25. The number of esters is 1. The van der Waals surface area contributed by atoms with Crippen molar-refractivity contribution in [3.63, 3.8) is 0 Å². The van der Waals surface area contributed by atoms with E-state index in [1.807, 2.05) is 19.1 Å². The second kappa shape index (κ2) is 13.0. The van der Waals surface area contributed by atoms with Gasteiger partial charge in [-0.1, -0.05) is 42.0 Å². The van der Waals surface area contributed by atoms with Crippen LogP contribution in [0.5, 0.6) is 0 Å². The molecule has 1 amide bonds. The van der Waals surface area contributed by atoms with Crippen LogP contribution in [0.15, 0.2) is 82.7 Å². The number of carbonyl (C=O) groups is 2. The summed E-state index contributed by atoms with van der Waals surface area (Å²) < 4.78 is 20.8. The Bertz CT molecular complexity index is 1500. The van der Waals surface area contributed by atoms with Crippen molar-refractivity contribution in [2.24, 2.45) is 4.99 Å². The Morgan fingerprint density at radius 1 is 1.07 bits per heavy atom. The third kappa shape index (κ3) is 8.28. The van der Waals surface area contributed by atoms with Gasteiger partial charge >= 0.3 is 5.97 Å². The molecule has 0 saturated heterocycles. The molecule has 4 rings (SSSR count). The average molecular weight is 594 g/mol. The van der Waals surface area contributed by atoms with Gasteiger partial charge in [0.25, 0.3) is 11.6 Å². The van der Waals surface area contributed by atoms with Crippen molar-refractivity contribution in [1.29, 1.82) is 0 Å². The van der Waals surface area contributed by atoms with Crippen molar-refractivity contribution in [3.05, 3.63) is 105 Å². The molecule has 0 aliphatic carbocycles. The number of hydroxylamine groups is 1. The minimum atomic E-state index is -1.53. The van der Waals surface area contributed by atoms with Crippen molar-refractivity contribution in [2.45, 2.75) is 51.1 Å². The molecule has 2 N–H and O–H groups in total. The standard InChI is InChI=1S/C29H31N5O7S/c1-19-5-15-24(16-6-19)42(39)32-28-30-26(31-41-28)21-9-7-20(8-10-21)17-33(18-25(35)40-29(2,3)4)27(36)22-11-13-23(14-12-22)34(37)38/h5-16,28,32H,17-18H2,1-4H3,(H,30,31). The molecule has 1 aliphatic rings. The smallest absolute Gasteiger partial charge is 0.326 e. The van der Waals surface area contributed by atoms with E-state index in [4.69, 9.17) is 9.57 Å². The first kappa shape index (κ1) is 30.5. The number of ether oxygens (including phenoxy) is 1. The molecule has 0 bridgehead atoms. The second-order valence-electron chi connectivity index (χ2n) is 10.5. The van der Waals surface area contributed by atoms with E-state index in [1.165, 1.54) is 29.2 Å². The molecule has 220 valence electrons. The number of hydrogen-bond donors (Lipinski definition) is 2. The molecule has 0 spiro atoms. The summed E-state index contributed by atoms with van der Waals surface area (Å²) >= 11 is 0. The van der Waals surface area contributed by atoms with Crippen molar-refractivity contribution < 1.29 is 28.3 Å². The fourth-order valence-electron chi connectivity index (χ4n) is 3.91. The van der Waals surface area contributed by atoms with Crippen molar-refractivity contribution >= 4 is 34.4 Å². The second-order valence-corrected chi connectivity index (χ2v) is 11.7. The first-order valence-corrected chi connectivity index (χ1v) is 14.1. The maximum atomic E-state index is 13.3. The lowest BCUT2D eigenvalue weighted by atomic mass is 10.1. The van der Waals surface area contributed by atoms with Gasteiger partial charge in [-0.2, -0.15) is 4.72 Å². The number of benzene rings is 3. The first-order valence-electron chi connectivity index (χ1n) is 13.0. The van der Waals surface area contributed by atoms with Crippen LogP contribution in [0.1, 0.15) is 47.8 Å². The number of nitro benzene ring substituents is 1. The van der Waals surface area contributed by atoms with Crippen LogP contribution in [0, 0.1) is 17.0 Å². The lowest BCUT2D eigenvalue weighted by molar-refractivity contribution is -0.384. The molecular formula is C29H31N5O7S. The summed E-state index contributed by atoms with van der Waals surface area (Å²) in [6.07, 6.45) is -0.870. The summed E-state index contributed by atoms with van der Waals surface area (Å²) in [5, 5.41) is 11.0. The zero-order chi connectivity index (χ0) is 30.4. The Morgan fingerprint density at radius 2 is 1.71 bits per heavy atom. The SMILES string of the molecule is Cc1ccc(S(=O)NC2N=C(c3ccc(CN(CC(=O)OC(C)(C)C)C(=O)c4ccc([N+](=O)[O-])cc4)cc3)NO2)cc1. The van der Waals surface area contributed by atoms with Crippen LogP contribution in [0.4, 0.5) is 5.69 Å². The molecule has 0 aromatic heterocycles. The Kier molecular flexibility index (Phi) is 9.45. The number of aliphatic imine (C=N–C) groups is 1. The van der Waals surface area contributed by atoms with E-state index < -0.39 is 39.7 Å². The molecule has 1 aliphatic heterocycles. The van der Waals surface area contributed by atoms with Crippen LogP contribution in [-0.4, -0.2) is 50.2 Å². The number of nitro groups is 1. The van der Waals surface area contributed by atoms with Gasteiger partial charge in [0.2, 0.25) is 6.35 Å². The Hall–Kier alpha value is -4.46. The maximum absolute atomic E-state index is 13.3. The lowest BCUT2D eigenvalue weighted by Gasteiger charge is -2.25. The monoisotopic (exact) mass is 593 g/mol. The quantitative estimate of drug-likeness (QED) is 0.205. The number of non-ortho nitro benzene ring substituents is 1. The minimum absolute atomic E-state index is 0.0749. The third-order valence-electron chi connectivity index (χ3n) is 5.91. The summed E-state index contributed by atoms with van der Waals surface area (Å²) in [6.45, 7) is 6.90. The van der Waals surface area contributed by atoms with Gasteiger partial charge in [-0.25, -0.2) is 19.5 Å². The molecule has 1 heterocycles. The van der Waals surface area contributed by atoms with E-state index in [0.29, 0.717) is 21.9 Å². The van der Waals surface area contributed by atoms with E-state index in [0.717, 1.165) is 5.56 Å². The van der Waals surface area contributed by atoms with Gasteiger partial charge < -0.3 is 9.64 Å². The van der Waals surface area contributed by atoms with E-state index >= 15 is 0 Å². The molecule has 0 fully saturated rings. The largest absolute Gasteiger partial charge is 0.459 e. The fourth-order valence-corrected chi connectivity index (χ4v) is 4.72. The van der Waals surface area contributed by atoms with Gasteiger partial charge in [0, 0.05) is 29.8 Å².